The summed E-state index contributed by atoms with van der Waals surface area (Å²) >= 11 is 0. The van der Waals surface area contributed by atoms with Crippen molar-refractivity contribution in [1.29, 1.82) is 0 Å². The van der Waals surface area contributed by atoms with Gasteiger partial charge in [-0.25, -0.2) is 13.6 Å². The Morgan fingerprint density at radius 1 is 1.39 bits per heavy atom. The molecule has 7 nitrogen and oxygen atoms in total. The van der Waals surface area contributed by atoms with E-state index in [1.54, 1.807) is 12.1 Å². The van der Waals surface area contributed by atoms with Crippen LogP contribution in [0.15, 0.2) is 34.3 Å². The van der Waals surface area contributed by atoms with Gasteiger partial charge in [0.1, 0.15) is 0 Å². The van der Waals surface area contributed by atoms with Gasteiger partial charge in [-0.2, -0.15) is 0 Å². The van der Waals surface area contributed by atoms with E-state index in [2.05, 4.69) is 10.5 Å². The van der Waals surface area contributed by atoms with Crippen molar-refractivity contribution in [3.8, 4) is 0 Å². The van der Waals surface area contributed by atoms with Crippen molar-refractivity contribution >= 4 is 21.6 Å². The summed E-state index contributed by atoms with van der Waals surface area (Å²) in [6.45, 7) is 4.45. The third kappa shape index (κ3) is 4.77. The smallest absolute Gasteiger partial charge is 0.264 e. The molecule has 0 fully saturated rings. The number of carbonyl (C=O) groups excluding carboxylic acids is 1. The molecule has 0 saturated carbocycles. The standard InChI is InChI=1S/C15H21N3O4S/c1-10(2)13-9-14(22-18-13)15(19)17-8-7-11-3-5-12(6-4-11)23(16,20)21/h3-6,10,14H,7-9H2,1-2H3,(H,17,19)(H2,16,20,21)/t14-/m0/s1. The van der Waals surface area contributed by atoms with Crippen molar-refractivity contribution in [1.82, 2.24) is 5.32 Å². The molecule has 0 unspecified atom stereocenters. The number of amides is 1. The molecule has 3 N–H and O–H groups in total. The van der Waals surface area contributed by atoms with Crippen molar-refractivity contribution in [3.05, 3.63) is 29.8 Å². The Bertz CT molecular complexity index is 696. The predicted molar refractivity (Wildman–Crippen MR) is 86.3 cm³/mol. The van der Waals surface area contributed by atoms with Crippen LogP contribution in [0.2, 0.25) is 0 Å². The van der Waals surface area contributed by atoms with Crippen LogP contribution in [0.1, 0.15) is 25.8 Å². The maximum atomic E-state index is 12.0. The molecule has 8 heteroatoms. The molecule has 1 aromatic carbocycles. The van der Waals surface area contributed by atoms with Crippen LogP contribution in [-0.4, -0.2) is 32.7 Å². The van der Waals surface area contributed by atoms with Crippen molar-refractivity contribution < 1.29 is 18.0 Å². The van der Waals surface area contributed by atoms with Crippen LogP contribution in [0.25, 0.3) is 0 Å². The summed E-state index contributed by atoms with van der Waals surface area (Å²) in [6.07, 6.45) is 0.547. The number of hydrogen-bond donors (Lipinski definition) is 2. The lowest BCUT2D eigenvalue weighted by Gasteiger charge is -2.10. The van der Waals surface area contributed by atoms with E-state index in [1.807, 2.05) is 13.8 Å². The second-order valence-electron chi connectivity index (χ2n) is 5.77. The minimum Gasteiger partial charge on any atom is -0.382 e. The number of nitrogens with two attached hydrogens (primary N) is 1. The van der Waals surface area contributed by atoms with Gasteiger partial charge in [-0.1, -0.05) is 31.1 Å². The largest absolute Gasteiger partial charge is 0.382 e. The molecule has 1 heterocycles. The van der Waals surface area contributed by atoms with Gasteiger partial charge in [0.05, 0.1) is 10.6 Å². The molecule has 1 aromatic rings. The number of rotatable bonds is 6. The first-order valence-corrected chi connectivity index (χ1v) is 8.94. The fraction of sp³-hybridized carbons (Fsp3) is 0.467. The van der Waals surface area contributed by atoms with Crippen LogP contribution in [-0.2, 0) is 26.1 Å². The maximum absolute atomic E-state index is 12.0. The summed E-state index contributed by atoms with van der Waals surface area (Å²) in [7, 11) is -3.68. The summed E-state index contributed by atoms with van der Waals surface area (Å²) in [6, 6.07) is 6.26. The molecule has 0 saturated heterocycles. The molecule has 23 heavy (non-hydrogen) atoms. The third-order valence-electron chi connectivity index (χ3n) is 3.62. The molecule has 1 amide bonds. The van der Waals surface area contributed by atoms with Gasteiger partial charge < -0.3 is 10.2 Å². The van der Waals surface area contributed by atoms with Crippen molar-refractivity contribution in [2.75, 3.05) is 6.54 Å². The number of benzene rings is 1. The number of oxime groups is 1. The maximum Gasteiger partial charge on any atom is 0.264 e. The summed E-state index contributed by atoms with van der Waals surface area (Å²) in [4.78, 5) is 17.2. The van der Waals surface area contributed by atoms with E-state index in [-0.39, 0.29) is 16.7 Å². The third-order valence-corrected chi connectivity index (χ3v) is 4.54. The summed E-state index contributed by atoms with van der Waals surface area (Å²) in [5.74, 6) is 0.0793. The fourth-order valence-electron chi connectivity index (χ4n) is 2.17. The molecule has 1 atom stereocenters. The van der Waals surface area contributed by atoms with E-state index in [9.17, 15) is 13.2 Å². The van der Waals surface area contributed by atoms with Crippen LogP contribution in [0.4, 0.5) is 0 Å². The van der Waals surface area contributed by atoms with E-state index in [4.69, 9.17) is 9.98 Å². The first-order valence-electron chi connectivity index (χ1n) is 7.39. The SMILES string of the molecule is CC(C)C1=NO[C@H](C(=O)NCCc2ccc(S(N)(=O)=O)cc2)C1. The molecular formula is C15H21N3O4S. The second kappa shape index (κ2) is 7.10. The van der Waals surface area contributed by atoms with Gasteiger partial charge in [-0.05, 0) is 30.0 Å². The second-order valence-corrected chi connectivity index (χ2v) is 7.33. The molecule has 0 radical (unpaired) electrons. The molecule has 1 aliphatic rings. The first-order chi connectivity index (χ1) is 10.8. The number of carbonyl (C=O) groups is 1. The van der Waals surface area contributed by atoms with Crippen molar-refractivity contribution in [2.24, 2.45) is 16.2 Å². The summed E-state index contributed by atoms with van der Waals surface area (Å²) in [5.41, 5.74) is 1.80. The topological polar surface area (TPSA) is 111 Å². The van der Waals surface area contributed by atoms with E-state index in [0.29, 0.717) is 19.4 Å². The van der Waals surface area contributed by atoms with Gasteiger partial charge in [-0.3, -0.25) is 4.79 Å². The molecule has 1 aliphatic heterocycles. The van der Waals surface area contributed by atoms with Crippen molar-refractivity contribution in [3.63, 3.8) is 0 Å². The Balaban J connectivity index is 1.78. The molecule has 0 spiro atoms. The zero-order valence-corrected chi connectivity index (χ0v) is 14.0. The van der Waals surface area contributed by atoms with Gasteiger partial charge in [-0.15, -0.1) is 0 Å². The number of hydrogen-bond acceptors (Lipinski definition) is 5. The Morgan fingerprint density at radius 2 is 2.04 bits per heavy atom. The Hall–Kier alpha value is -1.93. The normalized spacial score (nSPS) is 17.7. The van der Waals surface area contributed by atoms with E-state index >= 15 is 0 Å². The van der Waals surface area contributed by atoms with Gasteiger partial charge in [0.2, 0.25) is 16.1 Å². The minimum absolute atomic E-state index is 0.0722. The molecule has 126 valence electrons. The Kier molecular flexibility index (Phi) is 5.38. The zero-order chi connectivity index (χ0) is 17.0. The highest BCUT2D eigenvalue weighted by Crippen LogP contribution is 2.16. The average Bonchev–Trinajstić information content (AvgIpc) is 2.97. The fourth-order valence-corrected chi connectivity index (χ4v) is 2.68. The number of sulfonamides is 1. The average molecular weight is 339 g/mol. The first kappa shape index (κ1) is 17.4. The van der Waals surface area contributed by atoms with Crippen LogP contribution >= 0.6 is 0 Å². The monoisotopic (exact) mass is 339 g/mol. The lowest BCUT2D eigenvalue weighted by molar-refractivity contribution is -0.131. The van der Waals surface area contributed by atoms with Gasteiger partial charge in [0.15, 0.2) is 0 Å². The van der Waals surface area contributed by atoms with E-state index in [0.717, 1.165) is 11.3 Å². The predicted octanol–water partition coefficient (Wildman–Crippen LogP) is 0.794. The molecule has 0 aromatic heterocycles. The van der Waals surface area contributed by atoms with Crippen LogP contribution < -0.4 is 10.5 Å². The lowest BCUT2D eigenvalue weighted by Crippen LogP contribution is -2.36. The number of primary sulfonamides is 1. The lowest BCUT2D eigenvalue weighted by atomic mass is 10.0. The molecule has 2 rings (SSSR count). The van der Waals surface area contributed by atoms with Gasteiger partial charge >= 0.3 is 0 Å². The quantitative estimate of drug-likeness (QED) is 0.798. The molecular weight excluding hydrogens is 318 g/mol. The highest BCUT2D eigenvalue weighted by molar-refractivity contribution is 7.89. The molecule has 0 aliphatic carbocycles. The van der Waals surface area contributed by atoms with E-state index < -0.39 is 16.1 Å². The molecule has 0 bridgehead atoms. The zero-order valence-electron chi connectivity index (χ0n) is 13.2. The van der Waals surface area contributed by atoms with Crippen LogP contribution in [0.5, 0.6) is 0 Å². The van der Waals surface area contributed by atoms with Crippen LogP contribution in [0.3, 0.4) is 0 Å². The number of nitrogens with zero attached hydrogens (tertiary/aromatic N) is 1. The summed E-state index contributed by atoms with van der Waals surface area (Å²) in [5, 5.41) is 11.8. The Morgan fingerprint density at radius 3 is 2.57 bits per heavy atom. The van der Waals surface area contributed by atoms with Gasteiger partial charge in [0.25, 0.3) is 5.91 Å². The highest BCUT2D eigenvalue weighted by Gasteiger charge is 2.28. The summed E-state index contributed by atoms with van der Waals surface area (Å²) < 4.78 is 22.3. The Labute approximate surface area is 135 Å². The van der Waals surface area contributed by atoms with Gasteiger partial charge in [0, 0.05) is 13.0 Å². The highest BCUT2D eigenvalue weighted by atomic mass is 32.2. The van der Waals surface area contributed by atoms with Crippen LogP contribution in [0, 0.1) is 5.92 Å². The van der Waals surface area contributed by atoms with E-state index in [1.165, 1.54) is 12.1 Å². The van der Waals surface area contributed by atoms with Crippen molar-refractivity contribution in [2.45, 2.75) is 37.7 Å². The minimum atomic E-state index is -3.68. The number of nitrogens with one attached hydrogen (secondary N) is 1.